The highest BCUT2D eigenvalue weighted by Crippen LogP contribution is 2.28. The molecule has 5 heteroatoms. The van der Waals surface area contributed by atoms with Gasteiger partial charge in [0.2, 0.25) is 5.95 Å². The third-order valence-electron chi connectivity index (χ3n) is 3.15. The predicted molar refractivity (Wildman–Crippen MR) is 78.8 cm³/mol. The number of ether oxygens (including phenoxy) is 1. The largest absolute Gasteiger partial charge is 0.494 e. The number of nitrogens with zero attached hydrogens (tertiary/aromatic N) is 2. The van der Waals surface area contributed by atoms with Crippen LogP contribution in [0.1, 0.15) is 12.5 Å². The smallest absolute Gasteiger partial charge is 0.218 e. The van der Waals surface area contributed by atoms with Gasteiger partial charge in [-0.25, -0.2) is 10.1 Å². The Morgan fingerprint density at radius 3 is 2.90 bits per heavy atom. The molecule has 0 atom stereocenters. The first kappa shape index (κ1) is 12.5. The minimum Gasteiger partial charge on any atom is -0.494 e. The number of H-pyrrole nitrogens is 1. The lowest BCUT2D eigenvalue weighted by Crippen LogP contribution is -2.05. The zero-order chi connectivity index (χ0) is 13.8. The number of aromatic amines is 1. The molecule has 0 spiro atoms. The summed E-state index contributed by atoms with van der Waals surface area (Å²) in [6.45, 7) is 3.27. The number of nitrogens with one attached hydrogen (secondary N) is 2. The molecule has 3 rings (SSSR count). The van der Waals surface area contributed by atoms with E-state index in [2.05, 4.69) is 38.7 Å². The Balaban J connectivity index is 1.98. The van der Waals surface area contributed by atoms with Crippen LogP contribution >= 0.6 is 0 Å². The standard InChI is InChI=1S/C15H16N4O/c1-2-20-14-8-7-11-5-3-4-6-12(11)13(14)9-16-15-17-10-18-19-15/h3-8,10H,2,9H2,1H3,(H2,16,17,18,19). The van der Waals surface area contributed by atoms with Gasteiger partial charge in [0.25, 0.3) is 0 Å². The highest BCUT2D eigenvalue weighted by molar-refractivity contribution is 5.88. The molecule has 0 aliphatic heterocycles. The molecule has 2 N–H and O–H groups in total. The molecule has 3 aromatic rings. The molecule has 0 unspecified atom stereocenters. The lowest BCUT2D eigenvalue weighted by atomic mass is 10.0. The van der Waals surface area contributed by atoms with Gasteiger partial charge in [-0.2, -0.15) is 5.10 Å². The normalized spacial score (nSPS) is 10.7. The molecular weight excluding hydrogens is 252 g/mol. The monoisotopic (exact) mass is 268 g/mol. The van der Waals surface area contributed by atoms with Gasteiger partial charge in [0.1, 0.15) is 12.1 Å². The number of rotatable bonds is 5. The van der Waals surface area contributed by atoms with E-state index < -0.39 is 0 Å². The van der Waals surface area contributed by atoms with Crippen LogP contribution in [0.2, 0.25) is 0 Å². The first-order valence-corrected chi connectivity index (χ1v) is 6.61. The SMILES string of the molecule is CCOc1ccc2ccccc2c1CNc1ncn[nH]1. The Kier molecular flexibility index (Phi) is 3.50. The minimum atomic E-state index is 0.631. The van der Waals surface area contributed by atoms with Gasteiger partial charge in [-0.15, -0.1) is 0 Å². The fourth-order valence-electron chi connectivity index (χ4n) is 2.25. The molecular formula is C15H16N4O. The number of hydrogen-bond acceptors (Lipinski definition) is 4. The molecule has 0 aliphatic carbocycles. The second-order valence-electron chi connectivity index (χ2n) is 4.38. The van der Waals surface area contributed by atoms with Crippen LogP contribution < -0.4 is 10.1 Å². The van der Waals surface area contributed by atoms with Crippen LogP contribution in [0.15, 0.2) is 42.7 Å². The Morgan fingerprint density at radius 1 is 1.20 bits per heavy atom. The van der Waals surface area contributed by atoms with Crippen molar-refractivity contribution in [2.24, 2.45) is 0 Å². The molecule has 0 bridgehead atoms. The molecule has 1 heterocycles. The van der Waals surface area contributed by atoms with E-state index in [1.807, 2.05) is 25.1 Å². The van der Waals surface area contributed by atoms with E-state index in [9.17, 15) is 0 Å². The topological polar surface area (TPSA) is 62.8 Å². The van der Waals surface area contributed by atoms with Crippen molar-refractivity contribution in [3.8, 4) is 5.75 Å². The fraction of sp³-hybridized carbons (Fsp3) is 0.200. The summed E-state index contributed by atoms with van der Waals surface area (Å²) in [6, 6.07) is 12.4. The van der Waals surface area contributed by atoms with E-state index >= 15 is 0 Å². The van der Waals surface area contributed by atoms with Crippen LogP contribution in [0.5, 0.6) is 5.75 Å². The van der Waals surface area contributed by atoms with E-state index in [0.29, 0.717) is 19.1 Å². The Morgan fingerprint density at radius 2 is 2.10 bits per heavy atom. The van der Waals surface area contributed by atoms with Crippen molar-refractivity contribution >= 4 is 16.7 Å². The zero-order valence-electron chi connectivity index (χ0n) is 11.3. The summed E-state index contributed by atoms with van der Waals surface area (Å²) in [7, 11) is 0. The van der Waals surface area contributed by atoms with Gasteiger partial charge in [0, 0.05) is 12.1 Å². The highest BCUT2D eigenvalue weighted by atomic mass is 16.5. The predicted octanol–water partition coefficient (Wildman–Crippen LogP) is 2.97. The van der Waals surface area contributed by atoms with Crippen molar-refractivity contribution in [1.82, 2.24) is 15.2 Å². The van der Waals surface area contributed by atoms with Crippen molar-refractivity contribution < 1.29 is 4.74 Å². The van der Waals surface area contributed by atoms with Crippen molar-refractivity contribution in [2.45, 2.75) is 13.5 Å². The van der Waals surface area contributed by atoms with Gasteiger partial charge in [-0.05, 0) is 23.8 Å². The van der Waals surface area contributed by atoms with E-state index in [1.165, 1.54) is 17.1 Å². The lowest BCUT2D eigenvalue weighted by molar-refractivity contribution is 0.337. The maximum Gasteiger partial charge on any atom is 0.218 e. The highest BCUT2D eigenvalue weighted by Gasteiger charge is 2.09. The molecule has 0 fully saturated rings. The Hall–Kier alpha value is -2.56. The maximum atomic E-state index is 5.73. The van der Waals surface area contributed by atoms with Crippen molar-refractivity contribution in [3.05, 3.63) is 48.3 Å². The summed E-state index contributed by atoms with van der Waals surface area (Å²) in [4.78, 5) is 4.07. The second kappa shape index (κ2) is 5.61. The summed E-state index contributed by atoms with van der Waals surface area (Å²) in [5.74, 6) is 1.55. The first-order valence-electron chi connectivity index (χ1n) is 6.61. The fourth-order valence-corrected chi connectivity index (χ4v) is 2.25. The van der Waals surface area contributed by atoms with Gasteiger partial charge in [-0.1, -0.05) is 30.3 Å². The Labute approximate surface area is 117 Å². The average molecular weight is 268 g/mol. The average Bonchev–Trinajstić information content (AvgIpc) is 2.99. The van der Waals surface area contributed by atoms with Crippen LogP contribution in [0.25, 0.3) is 10.8 Å². The molecule has 0 amide bonds. The van der Waals surface area contributed by atoms with Crippen molar-refractivity contribution in [2.75, 3.05) is 11.9 Å². The van der Waals surface area contributed by atoms with E-state index in [-0.39, 0.29) is 0 Å². The van der Waals surface area contributed by atoms with Gasteiger partial charge in [0.05, 0.1) is 6.61 Å². The third-order valence-corrected chi connectivity index (χ3v) is 3.15. The number of hydrogen-bond donors (Lipinski definition) is 2. The van der Waals surface area contributed by atoms with Gasteiger partial charge >= 0.3 is 0 Å². The first-order chi connectivity index (χ1) is 9.88. The second-order valence-corrected chi connectivity index (χ2v) is 4.38. The van der Waals surface area contributed by atoms with E-state index in [1.54, 1.807) is 0 Å². The third kappa shape index (κ3) is 2.42. The van der Waals surface area contributed by atoms with Crippen LogP contribution in [0.4, 0.5) is 5.95 Å². The number of benzene rings is 2. The summed E-state index contributed by atoms with van der Waals surface area (Å²) in [5, 5.41) is 12.2. The summed E-state index contributed by atoms with van der Waals surface area (Å²) in [6.07, 6.45) is 1.48. The molecule has 0 radical (unpaired) electrons. The Bertz CT molecular complexity index is 694. The van der Waals surface area contributed by atoms with E-state index in [0.717, 1.165) is 11.3 Å². The quantitative estimate of drug-likeness (QED) is 0.746. The molecule has 20 heavy (non-hydrogen) atoms. The van der Waals surface area contributed by atoms with E-state index in [4.69, 9.17) is 4.74 Å². The van der Waals surface area contributed by atoms with Gasteiger partial charge < -0.3 is 10.1 Å². The number of aromatic nitrogens is 3. The molecule has 5 nitrogen and oxygen atoms in total. The number of anilines is 1. The van der Waals surface area contributed by atoms with Crippen LogP contribution in [0, 0.1) is 0 Å². The molecule has 0 saturated heterocycles. The summed E-state index contributed by atoms with van der Waals surface area (Å²) in [5.41, 5.74) is 1.13. The van der Waals surface area contributed by atoms with Crippen LogP contribution in [0.3, 0.4) is 0 Å². The van der Waals surface area contributed by atoms with Gasteiger partial charge in [-0.3, -0.25) is 0 Å². The van der Waals surface area contributed by atoms with Crippen molar-refractivity contribution in [1.29, 1.82) is 0 Å². The molecule has 0 aliphatic rings. The van der Waals surface area contributed by atoms with Crippen LogP contribution in [-0.2, 0) is 6.54 Å². The minimum absolute atomic E-state index is 0.631. The van der Waals surface area contributed by atoms with Crippen LogP contribution in [-0.4, -0.2) is 21.8 Å². The van der Waals surface area contributed by atoms with Crippen molar-refractivity contribution in [3.63, 3.8) is 0 Å². The molecule has 1 aromatic heterocycles. The summed E-state index contributed by atoms with van der Waals surface area (Å²) >= 11 is 0. The summed E-state index contributed by atoms with van der Waals surface area (Å²) < 4.78 is 5.73. The molecule has 2 aromatic carbocycles. The van der Waals surface area contributed by atoms with Gasteiger partial charge in [0.15, 0.2) is 0 Å². The lowest BCUT2D eigenvalue weighted by Gasteiger charge is -2.13. The molecule has 0 saturated carbocycles. The maximum absolute atomic E-state index is 5.73. The number of fused-ring (bicyclic) bond motifs is 1. The zero-order valence-corrected chi connectivity index (χ0v) is 11.3. The molecule has 102 valence electrons.